The molecule has 110 valence electrons. The van der Waals surface area contributed by atoms with E-state index in [0.717, 1.165) is 3.79 Å². The van der Waals surface area contributed by atoms with Crippen LogP contribution in [0.3, 0.4) is 0 Å². The average Bonchev–Trinajstić information content (AvgIpc) is 2.74. The zero-order chi connectivity index (χ0) is 15.3. The summed E-state index contributed by atoms with van der Waals surface area (Å²) in [6, 6.07) is 2.59. The van der Waals surface area contributed by atoms with E-state index in [1.165, 1.54) is 18.3 Å². The highest BCUT2D eigenvalue weighted by molar-refractivity contribution is 9.11. The lowest BCUT2D eigenvalue weighted by Gasteiger charge is -2.13. The Morgan fingerprint density at radius 3 is 2.40 bits per heavy atom. The molecule has 1 aromatic rings. The van der Waals surface area contributed by atoms with Crippen molar-refractivity contribution in [1.82, 2.24) is 10.6 Å². The summed E-state index contributed by atoms with van der Waals surface area (Å²) < 4.78 is 5.77. The minimum absolute atomic E-state index is 0.0934. The molecule has 0 fully saturated rings. The molecular weight excluding hydrogens is 348 g/mol. The average molecular weight is 363 g/mol. The van der Waals surface area contributed by atoms with Crippen LogP contribution in [0.4, 0.5) is 4.79 Å². The Kier molecular flexibility index (Phi) is 6.15. The van der Waals surface area contributed by atoms with Gasteiger partial charge in [-0.3, -0.25) is 10.1 Å². The van der Waals surface area contributed by atoms with Gasteiger partial charge in [0.2, 0.25) is 0 Å². The van der Waals surface area contributed by atoms with E-state index < -0.39 is 24.0 Å². The molecule has 6 nitrogen and oxygen atoms in total. The molecular formula is C12H15BrN2O4S. The second-order valence-corrected chi connectivity index (χ2v) is 6.73. The third-order valence-electron chi connectivity index (χ3n) is 2.08. The number of rotatable bonds is 4. The third kappa shape index (κ3) is 5.30. The second-order valence-electron chi connectivity index (χ2n) is 4.27. The van der Waals surface area contributed by atoms with Gasteiger partial charge in [0.15, 0.2) is 6.10 Å². The molecule has 3 amide bonds. The molecule has 2 N–H and O–H groups in total. The van der Waals surface area contributed by atoms with Crippen LogP contribution in [-0.2, 0) is 9.53 Å². The number of hydrogen-bond donors (Lipinski definition) is 2. The molecule has 8 heteroatoms. The number of urea groups is 1. The maximum Gasteiger partial charge on any atom is 0.349 e. The van der Waals surface area contributed by atoms with E-state index in [0.29, 0.717) is 4.88 Å². The highest BCUT2D eigenvalue weighted by Crippen LogP contribution is 2.22. The SMILES string of the molecule is CC(C)NC(=O)NC(=O)C(C)OC(=O)c1ccc(Br)s1. The topological polar surface area (TPSA) is 84.5 Å². The monoisotopic (exact) mass is 362 g/mol. The van der Waals surface area contributed by atoms with Crippen LogP contribution >= 0.6 is 27.3 Å². The lowest BCUT2D eigenvalue weighted by molar-refractivity contribution is -0.127. The van der Waals surface area contributed by atoms with Gasteiger partial charge in [-0.15, -0.1) is 11.3 Å². The summed E-state index contributed by atoms with van der Waals surface area (Å²) in [5.74, 6) is -1.28. The number of ether oxygens (including phenoxy) is 1. The fraction of sp³-hybridized carbons (Fsp3) is 0.417. The van der Waals surface area contributed by atoms with Crippen molar-refractivity contribution in [2.75, 3.05) is 0 Å². The van der Waals surface area contributed by atoms with Crippen LogP contribution in [0.1, 0.15) is 30.4 Å². The van der Waals surface area contributed by atoms with Crippen LogP contribution in [0.15, 0.2) is 15.9 Å². The van der Waals surface area contributed by atoms with Gasteiger partial charge in [0.25, 0.3) is 5.91 Å². The first-order valence-corrected chi connectivity index (χ1v) is 7.48. The molecule has 0 bridgehead atoms. The minimum Gasteiger partial charge on any atom is -0.448 e. The number of halogens is 1. The predicted octanol–water partition coefficient (Wildman–Crippen LogP) is 2.29. The smallest absolute Gasteiger partial charge is 0.349 e. The highest BCUT2D eigenvalue weighted by atomic mass is 79.9. The maximum absolute atomic E-state index is 11.7. The quantitative estimate of drug-likeness (QED) is 0.804. The Bertz CT molecular complexity index is 515. The fourth-order valence-electron chi connectivity index (χ4n) is 1.21. The van der Waals surface area contributed by atoms with Gasteiger partial charge in [-0.1, -0.05) is 0 Å². The van der Waals surface area contributed by atoms with Crippen LogP contribution in [0.5, 0.6) is 0 Å². The highest BCUT2D eigenvalue weighted by Gasteiger charge is 2.21. The van der Waals surface area contributed by atoms with Crippen LogP contribution in [0.25, 0.3) is 0 Å². The van der Waals surface area contributed by atoms with E-state index in [1.54, 1.807) is 26.0 Å². The van der Waals surface area contributed by atoms with Gasteiger partial charge in [0.05, 0.1) is 3.79 Å². The molecule has 0 aromatic carbocycles. The Hall–Kier alpha value is -1.41. The van der Waals surface area contributed by atoms with E-state index >= 15 is 0 Å². The standard InChI is InChI=1S/C12H15BrN2O4S/c1-6(2)14-12(18)15-10(16)7(3)19-11(17)8-4-5-9(13)20-8/h4-7H,1-3H3,(H2,14,15,16,18). The van der Waals surface area contributed by atoms with E-state index in [9.17, 15) is 14.4 Å². The Morgan fingerprint density at radius 2 is 1.90 bits per heavy atom. The lowest BCUT2D eigenvalue weighted by atomic mass is 10.3. The van der Waals surface area contributed by atoms with Gasteiger partial charge >= 0.3 is 12.0 Å². The number of imide groups is 1. The van der Waals surface area contributed by atoms with Crippen molar-refractivity contribution in [2.24, 2.45) is 0 Å². The number of thiophene rings is 1. The normalized spacial score (nSPS) is 11.8. The summed E-state index contributed by atoms with van der Waals surface area (Å²) in [6.45, 7) is 4.93. The molecule has 1 unspecified atom stereocenters. The molecule has 0 saturated carbocycles. The zero-order valence-corrected chi connectivity index (χ0v) is 13.6. The van der Waals surface area contributed by atoms with Crippen LogP contribution in [0.2, 0.25) is 0 Å². The first-order chi connectivity index (χ1) is 9.29. The molecule has 0 spiro atoms. The molecule has 0 aliphatic rings. The summed E-state index contributed by atoms with van der Waals surface area (Å²) in [4.78, 5) is 35.1. The predicted molar refractivity (Wildman–Crippen MR) is 78.7 cm³/mol. The molecule has 1 heterocycles. The van der Waals surface area contributed by atoms with Gasteiger partial charge in [0.1, 0.15) is 4.88 Å². The summed E-state index contributed by atoms with van der Waals surface area (Å²) >= 11 is 4.43. The summed E-state index contributed by atoms with van der Waals surface area (Å²) in [5.41, 5.74) is 0. The number of esters is 1. The Morgan fingerprint density at radius 1 is 1.25 bits per heavy atom. The van der Waals surface area contributed by atoms with Crippen molar-refractivity contribution >= 4 is 45.2 Å². The largest absolute Gasteiger partial charge is 0.448 e. The van der Waals surface area contributed by atoms with Crippen molar-refractivity contribution in [3.8, 4) is 0 Å². The molecule has 0 aliphatic carbocycles. The summed E-state index contributed by atoms with van der Waals surface area (Å²) in [5, 5.41) is 4.60. The van der Waals surface area contributed by atoms with E-state index in [2.05, 4.69) is 26.6 Å². The minimum atomic E-state index is -1.05. The van der Waals surface area contributed by atoms with E-state index in [4.69, 9.17) is 4.74 Å². The summed E-state index contributed by atoms with van der Waals surface area (Å²) in [6.07, 6.45) is -1.05. The molecule has 0 radical (unpaired) electrons. The Balaban J connectivity index is 2.49. The molecule has 20 heavy (non-hydrogen) atoms. The van der Waals surface area contributed by atoms with Gasteiger partial charge in [-0.05, 0) is 48.8 Å². The van der Waals surface area contributed by atoms with Gasteiger partial charge in [-0.25, -0.2) is 9.59 Å². The number of nitrogens with one attached hydrogen (secondary N) is 2. The molecule has 1 rings (SSSR count). The van der Waals surface area contributed by atoms with Gasteiger partial charge in [0, 0.05) is 6.04 Å². The lowest BCUT2D eigenvalue weighted by Crippen LogP contribution is -2.46. The first-order valence-electron chi connectivity index (χ1n) is 5.87. The molecule has 0 saturated heterocycles. The van der Waals surface area contributed by atoms with Crippen LogP contribution < -0.4 is 10.6 Å². The number of hydrogen-bond acceptors (Lipinski definition) is 5. The molecule has 0 aliphatic heterocycles. The van der Waals surface area contributed by atoms with Gasteiger partial charge in [-0.2, -0.15) is 0 Å². The van der Waals surface area contributed by atoms with Crippen molar-refractivity contribution in [1.29, 1.82) is 0 Å². The zero-order valence-electron chi connectivity index (χ0n) is 11.2. The number of amides is 3. The van der Waals surface area contributed by atoms with Crippen molar-refractivity contribution < 1.29 is 19.1 Å². The van der Waals surface area contributed by atoms with E-state index in [-0.39, 0.29) is 6.04 Å². The third-order valence-corrected chi connectivity index (χ3v) is 3.69. The van der Waals surface area contributed by atoms with Crippen molar-refractivity contribution in [3.63, 3.8) is 0 Å². The number of carbonyl (C=O) groups is 3. The van der Waals surface area contributed by atoms with Crippen LogP contribution in [-0.4, -0.2) is 30.1 Å². The van der Waals surface area contributed by atoms with Crippen molar-refractivity contribution in [3.05, 3.63) is 20.8 Å². The fourth-order valence-corrected chi connectivity index (χ4v) is 2.48. The Labute approximate surface area is 129 Å². The number of carbonyl (C=O) groups excluding carboxylic acids is 3. The van der Waals surface area contributed by atoms with Gasteiger partial charge < -0.3 is 10.1 Å². The first kappa shape index (κ1) is 16.6. The summed E-state index contributed by atoms with van der Waals surface area (Å²) in [7, 11) is 0. The van der Waals surface area contributed by atoms with Crippen LogP contribution in [0, 0.1) is 0 Å². The molecule has 1 atom stereocenters. The molecule has 1 aromatic heterocycles. The van der Waals surface area contributed by atoms with Crippen molar-refractivity contribution in [2.45, 2.75) is 32.9 Å². The van der Waals surface area contributed by atoms with E-state index in [1.807, 2.05) is 0 Å². The maximum atomic E-state index is 11.7. The second kappa shape index (κ2) is 7.39.